The van der Waals surface area contributed by atoms with Crippen molar-refractivity contribution in [2.24, 2.45) is 0 Å². The Kier molecular flexibility index (Phi) is 3.97. The van der Waals surface area contributed by atoms with Gasteiger partial charge in [-0.1, -0.05) is 0 Å². The second kappa shape index (κ2) is 4.48. The van der Waals surface area contributed by atoms with Gasteiger partial charge in [0, 0.05) is 0 Å². The smallest absolute Gasteiger partial charge is 0.548 e. The molecule has 0 aromatic heterocycles. The van der Waals surface area contributed by atoms with Crippen molar-refractivity contribution < 1.29 is 79.3 Å². The fourth-order valence-corrected chi connectivity index (χ4v) is 4.28. The van der Waals surface area contributed by atoms with Gasteiger partial charge in [0.1, 0.15) is 0 Å². The molecule has 0 aliphatic carbocycles. The minimum absolute atomic E-state index is 0. The molecule has 18 heavy (non-hydrogen) atoms. The summed E-state index contributed by atoms with van der Waals surface area (Å²) in [6.07, 6.45) is 0. The van der Waals surface area contributed by atoms with E-state index in [1.165, 1.54) is 13.8 Å². The van der Waals surface area contributed by atoms with Crippen LogP contribution in [0.15, 0.2) is 0 Å². The van der Waals surface area contributed by atoms with E-state index >= 15 is 0 Å². The Morgan fingerprint density at radius 3 is 2.39 bits per heavy atom. The van der Waals surface area contributed by atoms with Gasteiger partial charge in [-0.3, -0.25) is 9.69 Å². The number of hydrogen-bond acceptors (Lipinski definition) is 5. The molecule has 8 nitrogen and oxygen atoms in total. The summed E-state index contributed by atoms with van der Waals surface area (Å²) >= 11 is 0. The number of fused-ring (bicyclic) bond motifs is 1. The molecule has 0 aromatic carbocycles. The van der Waals surface area contributed by atoms with Gasteiger partial charge in [-0.15, -0.1) is 0 Å². The fraction of sp³-hybridized carbons (Fsp3) is 0.625. The van der Waals surface area contributed by atoms with Crippen LogP contribution in [0.3, 0.4) is 0 Å². The topological polar surface area (TPSA) is 131 Å². The van der Waals surface area contributed by atoms with Crippen LogP contribution in [0.2, 0.25) is 0 Å². The van der Waals surface area contributed by atoms with Gasteiger partial charge < -0.3 is 15.4 Å². The average Bonchev–Trinajstić information content (AvgIpc) is 2.32. The molecule has 2 fully saturated rings. The molecule has 92 valence electrons. The van der Waals surface area contributed by atoms with E-state index in [9.17, 15) is 23.1 Å². The van der Waals surface area contributed by atoms with Gasteiger partial charge >= 0.3 is 63.0 Å². The number of carbonyl (C=O) groups is 2. The molecule has 0 aromatic rings. The molecule has 2 saturated heterocycles. The van der Waals surface area contributed by atoms with Crippen LogP contribution in [0.5, 0.6) is 0 Å². The molecule has 10 heteroatoms. The molecule has 0 radical (unpaired) electrons. The van der Waals surface area contributed by atoms with Gasteiger partial charge in [-0.05, 0) is 13.8 Å². The molecule has 0 bridgehead atoms. The van der Waals surface area contributed by atoms with E-state index in [4.69, 9.17) is 5.53 Å². The number of β-lactam (4-membered cyclic amide) rings is 1. The Morgan fingerprint density at radius 2 is 2.00 bits per heavy atom. The van der Waals surface area contributed by atoms with Crippen molar-refractivity contribution in [3.8, 4) is 0 Å². The zero-order chi connectivity index (χ0) is 13.2. The summed E-state index contributed by atoms with van der Waals surface area (Å²) in [4.78, 5) is 25.7. The van der Waals surface area contributed by atoms with E-state index in [0.29, 0.717) is 4.90 Å². The van der Waals surface area contributed by atoms with Crippen LogP contribution in [0.4, 0.5) is 0 Å². The number of carboxylic acids is 1. The Hall–Kier alpha value is -0.0936. The Balaban J connectivity index is 0.00000162. The molecule has 2 heterocycles. The SMILES string of the molecule is CC1(C)[C@H](C(=O)[O-])N2C(=O)C(=[N+]=[N-])[C@H]2S1(=O)=O.[K+]. The molecule has 1 amide bonds. The van der Waals surface area contributed by atoms with Crippen molar-refractivity contribution in [2.45, 2.75) is 30.0 Å². The quantitative estimate of drug-likeness (QED) is 0.206. The summed E-state index contributed by atoms with van der Waals surface area (Å²) in [6.45, 7) is 2.40. The Bertz CT molecular complexity index is 592. The number of carbonyl (C=O) groups excluding carboxylic acids is 2. The third-order valence-corrected chi connectivity index (χ3v) is 5.96. The predicted octanol–water partition coefficient (Wildman–Crippen LogP) is -5.84. The van der Waals surface area contributed by atoms with Crippen LogP contribution in [0.25, 0.3) is 5.53 Å². The molecule has 2 atom stereocenters. The zero-order valence-electron chi connectivity index (χ0n) is 9.95. The first kappa shape index (κ1) is 16.0. The van der Waals surface area contributed by atoms with Crippen molar-refractivity contribution in [2.75, 3.05) is 0 Å². The minimum Gasteiger partial charge on any atom is -0.548 e. The van der Waals surface area contributed by atoms with Gasteiger partial charge in [-0.25, -0.2) is 8.42 Å². The fourth-order valence-electron chi connectivity index (χ4n) is 2.23. The zero-order valence-corrected chi connectivity index (χ0v) is 13.9. The van der Waals surface area contributed by atoms with Crippen LogP contribution in [0, 0.1) is 0 Å². The average molecular weight is 297 g/mol. The molecular formula is C8H8KN3O5S. The third kappa shape index (κ3) is 1.61. The standard InChI is InChI=1S/C8H9N3O5S.K/c1-8(2)4(7(13)14)11-5(12)3(10-9)6(11)17(8,15)16;/h4,6H,1-2H3,(H,13,14);/q;+1/p-1/t4-,6+;/m0./s1. The second-order valence-corrected chi connectivity index (χ2v) is 7.01. The molecule has 2 aliphatic heterocycles. The molecule has 2 rings (SSSR count). The van der Waals surface area contributed by atoms with Crippen LogP contribution < -0.4 is 56.5 Å². The van der Waals surface area contributed by atoms with Crippen molar-refractivity contribution in [1.82, 2.24) is 4.90 Å². The summed E-state index contributed by atoms with van der Waals surface area (Å²) in [5.74, 6) is -2.55. The number of sulfone groups is 1. The molecular weight excluding hydrogens is 289 g/mol. The minimum atomic E-state index is -3.96. The van der Waals surface area contributed by atoms with Crippen LogP contribution in [0.1, 0.15) is 13.8 Å². The van der Waals surface area contributed by atoms with E-state index in [2.05, 4.69) is 4.79 Å². The van der Waals surface area contributed by atoms with E-state index in [0.717, 1.165) is 0 Å². The van der Waals surface area contributed by atoms with E-state index in [1.807, 2.05) is 0 Å². The van der Waals surface area contributed by atoms with Crippen molar-refractivity contribution in [3.05, 3.63) is 5.53 Å². The monoisotopic (exact) mass is 297 g/mol. The van der Waals surface area contributed by atoms with Gasteiger partial charge in [0.05, 0.1) is 16.8 Å². The van der Waals surface area contributed by atoms with Crippen LogP contribution in [-0.4, -0.2) is 51.9 Å². The molecule has 0 unspecified atom stereocenters. The summed E-state index contributed by atoms with van der Waals surface area (Å²) in [5, 5.41) is 9.48. The number of carboxylic acid groups (broad SMARTS) is 1. The largest absolute Gasteiger partial charge is 1.00 e. The number of hydrogen-bond donors (Lipinski definition) is 0. The maximum absolute atomic E-state index is 12.0. The van der Waals surface area contributed by atoms with E-state index < -0.39 is 43.6 Å². The van der Waals surface area contributed by atoms with E-state index in [-0.39, 0.29) is 51.4 Å². The van der Waals surface area contributed by atoms with Gasteiger partial charge in [0.15, 0.2) is 9.84 Å². The number of aliphatic carboxylic acids is 1. The molecule has 0 saturated carbocycles. The maximum atomic E-state index is 12.0. The predicted molar refractivity (Wildman–Crippen MR) is 51.1 cm³/mol. The molecule has 0 N–H and O–H groups in total. The van der Waals surface area contributed by atoms with Crippen molar-refractivity contribution in [3.63, 3.8) is 0 Å². The van der Waals surface area contributed by atoms with Gasteiger partial charge in [0.25, 0.3) is 0 Å². The second-order valence-electron chi connectivity index (χ2n) is 4.42. The maximum Gasteiger partial charge on any atom is 1.00 e. The van der Waals surface area contributed by atoms with Gasteiger partial charge in [-0.2, -0.15) is 4.79 Å². The first-order valence-electron chi connectivity index (χ1n) is 4.67. The number of rotatable bonds is 1. The number of nitrogens with zero attached hydrogens (tertiary/aromatic N) is 3. The number of amides is 1. The third-order valence-electron chi connectivity index (χ3n) is 3.24. The normalized spacial score (nSPS) is 30.9. The summed E-state index contributed by atoms with van der Waals surface area (Å²) < 4.78 is 22.4. The van der Waals surface area contributed by atoms with Crippen LogP contribution >= 0.6 is 0 Å². The summed E-state index contributed by atoms with van der Waals surface area (Å²) in [6, 6.07) is -1.57. The van der Waals surface area contributed by atoms with Crippen LogP contribution in [-0.2, 0) is 19.4 Å². The molecule has 2 aliphatic rings. The Morgan fingerprint density at radius 1 is 1.50 bits per heavy atom. The first-order valence-corrected chi connectivity index (χ1v) is 6.21. The summed E-state index contributed by atoms with van der Waals surface area (Å²) in [7, 11) is -3.96. The van der Waals surface area contributed by atoms with Crippen molar-refractivity contribution >= 4 is 27.4 Å². The van der Waals surface area contributed by atoms with E-state index in [1.54, 1.807) is 0 Å². The van der Waals surface area contributed by atoms with Gasteiger partial charge in [0.2, 0.25) is 5.37 Å². The first-order chi connectivity index (χ1) is 7.67. The van der Waals surface area contributed by atoms with Crippen molar-refractivity contribution in [1.29, 1.82) is 0 Å². The molecule has 0 spiro atoms. The summed E-state index contributed by atoms with van der Waals surface area (Å²) in [5.41, 5.74) is 7.99. The Labute approximate surface area is 145 Å².